The van der Waals surface area contributed by atoms with Crippen molar-refractivity contribution in [3.05, 3.63) is 48.5 Å². The number of aliphatic hydroxyl groups excluding tert-OH is 1. The van der Waals surface area contributed by atoms with E-state index >= 15 is 0 Å². The Hall–Kier alpha value is -2.31. The van der Waals surface area contributed by atoms with Crippen molar-refractivity contribution in [2.45, 2.75) is 25.3 Å². The van der Waals surface area contributed by atoms with E-state index < -0.39 is 0 Å². The summed E-state index contributed by atoms with van der Waals surface area (Å²) < 4.78 is 0. The molecular weight excluding hydrogens is 340 g/mol. The number of carbonyl (C=O) groups is 1. The Bertz CT molecular complexity index is 762. The van der Waals surface area contributed by atoms with E-state index in [9.17, 15) is 9.90 Å². The highest BCUT2D eigenvalue weighted by Crippen LogP contribution is 2.31. The Balaban J connectivity index is 1.42. The summed E-state index contributed by atoms with van der Waals surface area (Å²) in [6.07, 6.45) is 8.41. The van der Waals surface area contributed by atoms with Crippen molar-refractivity contribution in [3.63, 3.8) is 0 Å². The average molecular weight is 366 g/mol. The topological polar surface area (TPSA) is 69.6 Å². The maximum atomic E-state index is 13.0. The van der Waals surface area contributed by atoms with E-state index in [2.05, 4.69) is 14.9 Å². The van der Waals surface area contributed by atoms with Gasteiger partial charge < -0.3 is 10.0 Å². The third kappa shape index (κ3) is 4.34. The second kappa shape index (κ2) is 8.15. The normalized spacial score (nSPS) is 20.6. The van der Waals surface area contributed by atoms with E-state index in [1.165, 1.54) is 19.2 Å². The van der Waals surface area contributed by atoms with E-state index in [-0.39, 0.29) is 18.6 Å². The maximum Gasteiger partial charge on any atom is 0.253 e. The van der Waals surface area contributed by atoms with Gasteiger partial charge in [0.2, 0.25) is 0 Å². The summed E-state index contributed by atoms with van der Waals surface area (Å²) in [5.41, 5.74) is 2.64. The summed E-state index contributed by atoms with van der Waals surface area (Å²) in [5, 5.41) is 9.43. The lowest BCUT2D eigenvalue weighted by Gasteiger charge is -2.41. The minimum absolute atomic E-state index is 0.0693. The first kappa shape index (κ1) is 18.1. The van der Waals surface area contributed by atoms with Gasteiger partial charge in [-0.3, -0.25) is 9.69 Å². The van der Waals surface area contributed by atoms with Gasteiger partial charge in [0.25, 0.3) is 5.91 Å². The number of amides is 1. The number of benzene rings is 1. The molecule has 0 spiro atoms. The van der Waals surface area contributed by atoms with E-state index in [4.69, 9.17) is 0 Å². The van der Waals surface area contributed by atoms with Gasteiger partial charge in [0.05, 0.1) is 0 Å². The Morgan fingerprint density at radius 3 is 2.48 bits per heavy atom. The van der Waals surface area contributed by atoms with Gasteiger partial charge in [0.1, 0.15) is 6.33 Å². The van der Waals surface area contributed by atoms with E-state index in [1.54, 1.807) is 12.4 Å². The van der Waals surface area contributed by atoms with Crippen LogP contribution in [0.15, 0.2) is 43.0 Å². The van der Waals surface area contributed by atoms with Gasteiger partial charge in [0.15, 0.2) is 0 Å². The largest absolute Gasteiger partial charge is 0.396 e. The Morgan fingerprint density at radius 2 is 1.81 bits per heavy atom. The zero-order chi connectivity index (χ0) is 18.6. The van der Waals surface area contributed by atoms with E-state index in [0.717, 1.165) is 43.1 Å². The second-order valence-electron chi connectivity index (χ2n) is 7.56. The van der Waals surface area contributed by atoms with E-state index in [0.29, 0.717) is 12.1 Å². The molecule has 142 valence electrons. The van der Waals surface area contributed by atoms with Crippen molar-refractivity contribution in [1.29, 1.82) is 0 Å². The highest BCUT2D eigenvalue weighted by atomic mass is 16.3. The van der Waals surface area contributed by atoms with Crippen LogP contribution >= 0.6 is 0 Å². The first-order chi connectivity index (χ1) is 13.2. The van der Waals surface area contributed by atoms with Gasteiger partial charge in [-0.15, -0.1) is 0 Å². The number of aliphatic hydroxyl groups is 1. The second-order valence-corrected chi connectivity index (χ2v) is 7.56. The van der Waals surface area contributed by atoms with Gasteiger partial charge >= 0.3 is 0 Å². The number of piperazine rings is 1. The van der Waals surface area contributed by atoms with Crippen molar-refractivity contribution >= 4 is 5.91 Å². The lowest BCUT2D eigenvalue weighted by molar-refractivity contribution is 0.0407. The molecule has 1 aromatic carbocycles. The van der Waals surface area contributed by atoms with Gasteiger partial charge in [-0.25, -0.2) is 9.97 Å². The number of aromatic nitrogens is 2. The fourth-order valence-electron chi connectivity index (χ4n) is 3.81. The van der Waals surface area contributed by atoms with Crippen molar-refractivity contribution in [2.75, 3.05) is 32.8 Å². The van der Waals surface area contributed by atoms with Crippen molar-refractivity contribution in [1.82, 2.24) is 19.8 Å². The predicted molar refractivity (Wildman–Crippen MR) is 103 cm³/mol. The molecule has 2 fully saturated rings. The quantitative estimate of drug-likeness (QED) is 0.847. The minimum Gasteiger partial charge on any atom is -0.396 e. The van der Waals surface area contributed by atoms with Crippen LogP contribution in [0.5, 0.6) is 0 Å². The molecule has 1 amide bonds. The molecule has 1 aliphatic carbocycles. The van der Waals surface area contributed by atoms with Crippen molar-refractivity contribution in [2.24, 2.45) is 5.92 Å². The van der Waals surface area contributed by atoms with Crippen LogP contribution in [-0.2, 0) is 0 Å². The Labute approximate surface area is 159 Å². The summed E-state index contributed by atoms with van der Waals surface area (Å²) in [6, 6.07) is 7.90. The molecule has 1 N–H and O–H groups in total. The standard InChI is InChI=1S/C21H26N4O2/c26-10-7-20-14-25(9-8-24(20)13-16-1-2-16)21(27)18-5-3-17(4-6-18)19-11-22-15-23-12-19/h3-6,11-12,15-16,20,26H,1-2,7-10,13-14H2. The molecule has 6 heteroatoms. The van der Waals surface area contributed by atoms with Crippen molar-refractivity contribution < 1.29 is 9.90 Å². The number of nitrogens with zero attached hydrogens (tertiary/aromatic N) is 4. The van der Waals surface area contributed by atoms with Gasteiger partial charge in [-0.2, -0.15) is 0 Å². The molecule has 2 aliphatic rings. The van der Waals surface area contributed by atoms with Crippen LogP contribution in [0, 0.1) is 5.92 Å². The molecule has 27 heavy (non-hydrogen) atoms. The first-order valence-corrected chi connectivity index (χ1v) is 9.74. The smallest absolute Gasteiger partial charge is 0.253 e. The molecule has 1 aliphatic heterocycles. The van der Waals surface area contributed by atoms with Crippen LogP contribution in [-0.4, -0.2) is 69.6 Å². The summed E-state index contributed by atoms with van der Waals surface area (Å²) >= 11 is 0. The summed E-state index contributed by atoms with van der Waals surface area (Å²) in [5.74, 6) is 0.892. The lowest BCUT2D eigenvalue weighted by atomic mass is 10.0. The lowest BCUT2D eigenvalue weighted by Crippen LogP contribution is -2.55. The number of carbonyl (C=O) groups excluding carboxylic acids is 1. The highest BCUT2D eigenvalue weighted by Gasteiger charge is 2.33. The van der Waals surface area contributed by atoms with Crippen LogP contribution in [0.4, 0.5) is 0 Å². The van der Waals surface area contributed by atoms with Crippen LogP contribution in [0.2, 0.25) is 0 Å². The monoisotopic (exact) mass is 366 g/mol. The number of rotatable bonds is 6. The third-order valence-corrected chi connectivity index (χ3v) is 5.57. The third-order valence-electron chi connectivity index (χ3n) is 5.57. The summed E-state index contributed by atoms with van der Waals surface area (Å²) in [6.45, 7) is 3.62. The van der Waals surface area contributed by atoms with Gasteiger partial charge in [0, 0.05) is 62.3 Å². The Morgan fingerprint density at radius 1 is 1.07 bits per heavy atom. The Kier molecular flexibility index (Phi) is 5.45. The average Bonchev–Trinajstić information content (AvgIpc) is 3.54. The molecular formula is C21H26N4O2. The molecule has 1 atom stereocenters. The van der Waals surface area contributed by atoms with Crippen LogP contribution in [0.3, 0.4) is 0 Å². The molecule has 2 heterocycles. The van der Waals surface area contributed by atoms with Gasteiger partial charge in [-0.1, -0.05) is 12.1 Å². The molecule has 1 aromatic heterocycles. The van der Waals surface area contributed by atoms with Crippen molar-refractivity contribution in [3.8, 4) is 11.1 Å². The number of hydrogen-bond donors (Lipinski definition) is 1. The molecule has 2 aromatic rings. The predicted octanol–water partition coefficient (Wildman–Crippen LogP) is 2.06. The molecule has 4 rings (SSSR count). The highest BCUT2D eigenvalue weighted by molar-refractivity contribution is 5.94. The van der Waals surface area contributed by atoms with E-state index in [1.807, 2.05) is 29.2 Å². The minimum atomic E-state index is 0.0693. The van der Waals surface area contributed by atoms with Crippen LogP contribution in [0.1, 0.15) is 29.6 Å². The maximum absolute atomic E-state index is 13.0. The molecule has 0 bridgehead atoms. The zero-order valence-corrected chi connectivity index (χ0v) is 15.5. The number of hydrogen-bond acceptors (Lipinski definition) is 5. The fourth-order valence-corrected chi connectivity index (χ4v) is 3.81. The summed E-state index contributed by atoms with van der Waals surface area (Å²) in [4.78, 5) is 25.4. The fraction of sp³-hybridized carbons (Fsp3) is 0.476. The molecule has 0 radical (unpaired) electrons. The molecule has 6 nitrogen and oxygen atoms in total. The molecule has 1 saturated carbocycles. The molecule has 1 saturated heterocycles. The van der Waals surface area contributed by atoms with Gasteiger partial charge in [-0.05, 0) is 42.9 Å². The SMILES string of the molecule is O=C(c1ccc(-c2cncnc2)cc1)N1CCN(CC2CC2)C(CCO)C1. The summed E-state index contributed by atoms with van der Waals surface area (Å²) in [7, 11) is 0. The first-order valence-electron chi connectivity index (χ1n) is 9.74. The van der Waals surface area contributed by atoms with Crippen LogP contribution < -0.4 is 0 Å². The van der Waals surface area contributed by atoms with Crippen LogP contribution in [0.25, 0.3) is 11.1 Å². The zero-order valence-electron chi connectivity index (χ0n) is 15.5. The molecule has 1 unspecified atom stereocenters.